The third-order valence-corrected chi connectivity index (χ3v) is 4.68. The molecule has 140 valence electrons. The molecule has 0 saturated heterocycles. The van der Waals surface area contributed by atoms with Gasteiger partial charge in [-0.1, -0.05) is 18.2 Å². The Hall–Kier alpha value is -4.00. The zero-order valence-electron chi connectivity index (χ0n) is 14.3. The van der Waals surface area contributed by atoms with Crippen LogP contribution in [-0.4, -0.2) is 27.8 Å². The molecule has 2 aliphatic rings. The van der Waals surface area contributed by atoms with Crippen molar-refractivity contribution in [1.29, 1.82) is 0 Å². The van der Waals surface area contributed by atoms with Gasteiger partial charge in [0, 0.05) is 28.8 Å². The summed E-state index contributed by atoms with van der Waals surface area (Å²) in [5.74, 6) is 0.408. The number of rotatable bonds is 0. The summed E-state index contributed by atoms with van der Waals surface area (Å²) < 4.78 is 11.8. The second-order valence-corrected chi connectivity index (χ2v) is 6.18. The number of aromatic hydroxyl groups is 2. The maximum atomic E-state index is 12.5. The van der Waals surface area contributed by atoms with Crippen molar-refractivity contribution >= 4 is 12.4 Å². The van der Waals surface area contributed by atoms with Gasteiger partial charge in [0.15, 0.2) is 5.60 Å². The summed E-state index contributed by atoms with van der Waals surface area (Å²) >= 11 is 0. The maximum absolute atomic E-state index is 12.5. The third kappa shape index (κ3) is 2.37. The van der Waals surface area contributed by atoms with Gasteiger partial charge in [-0.15, -0.1) is 0 Å². The zero-order valence-corrected chi connectivity index (χ0v) is 14.3. The highest BCUT2D eigenvalue weighted by molar-refractivity contribution is 5.97. The predicted molar refractivity (Wildman–Crippen MR) is 96.7 cm³/mol. The van der Waals surface area contributed by atoms with Gasteiger partial charge in [0.2, 0.25) is 0 Å². The molecule has 0 aliphatic carbocycles. The van der Waals surface area contributed by atoms with E-state index in [1.807, 2.05) is 12.1 Å². The summed E-state index contributed by atoms with van der Waals surface area (Å²) in [5, 5.41) is 26.6. The van der Waals surface area contributed by atoms with E-state index in [0.717, 1.165) is 0 Å². The average molecular weight is 378 g/mol. The zero-order chi connectivity index (χ0) is 19.9. The number of phenolic OH excluding ortho intramolecular Hbond substituents is 2. The number of esters is 1. The fraction of sp³-hybridized carbons (Fsp3) is 0.0476. The molecule has 28 heavy (non-hydrogen) atoms. The minimum absolute atomic E-state index is 0.0371. The van der Waals surface area contributed by atoms with E-state index in [9.17, 15) is 15.0 Å². The first kappa shape index (κ1) is 17.4. The number of ether oxygens (including phenoxy) is 2. The van der Waals surface area contributed by atoms with Gasteiger partial charge in [-0.25, -0.2) is 4.79 Å². The van der Waals surface area contributed by atoms with Crippen LogP contribution in [0.15, 0.2) is 60.7 Å². The van der Waals surface area contributed by atoms with Gasteiger partial charge in [-0.05, 0) is 30.3 Å². The molecule has 2 heterocycles. The van der Waals surface area contributed by atoms with Crippen LogP contribution in [0, 0.1) is 0 Å². The molecule has 0 radical (unpaired) electrons. The van der Waals surface area contributed by atoms with Crippen molar-refractivity contribution in [2.75, 3.05) is 0 Å². The Kier molecular flexibility index (Phi) is 3.93. The molecule has 3 N–H and O–H groups in total. The minimum atomic E-state index is -1.17. The standard InChI is InChI=1S/C20H12O5.CH2O2/c21-11-5-7-15-17(9-11)24-18-10-12(22)6-8-16(18)20(15)14-4-2-1-3-13(14)19(23)25-20;2-1-3/h1-10,21-22H;1H,(H,2,3). The number of carboxylic acid groups (broad SMARTS) is 1. The number of hydrogen-bond acceptors (Lipinski definition) is 6. The van der Waals surface area contributed by atoms with E-state index >= 15 is 0 Å². The number of carbonyl (C=O) groups is 2. The Morgan fingerprint density at radius 1 is 0.821 bits per heavy atom. The second kappa shape index (κ2) is 6.31. The molecule has 7 nitrogen and oxygen atoms in total. The lowest BCUT2D eigenvalue weighted by Gasteiger charge is -2.36. The Balaban J connectivity index is 0.000000604. The summed E-state index contributed by atoms with van der Waals surface area (Å²) in [6, 6.07) is 16.6. The Morgan fingerprint density at radius 2 is 1.36 bits per heavy atom. The molecule has 2 aliphatic heterocycles. The molecule has 5 rings (SSSR count). The third-order valence-electron chi connectivity index (χ3n) is 4.68. The first-order valence-corrected chi connectivity index (χ1v) is 8.27. The topological polar surface area (TPSA) is 113 Å². The van der Waals surface area contributed by atoms with Crippen molar-refractivity contribution in [2.45, 2.75) is 5.60 Å². The van der Waals surface area contributed by atoms with E-state index in [1.54, 1.807) is 24.3 Å². The smallest absolute Gasteiger partial charge is 0.340 e. The molecule has 1 spiro atoms. The van der Waals surface area contributed by atoms with Gasteiger partial charge >= 0.3 is 5.97 Å². The van der Waals surface area contributed by atoms with Gasteiger partial charge in [0.1, 0.15) is 23.0 Å². The van der Waals surface area contributed by atoms with E-state index in [2.05, 4.69) is 0 Å². The van der Waals surface area contributed by atoms with Crippen molar-refractivity contribution in [2.24, 2.45) is 0 Å². The predicted octanol–water partition coefficient (Wildman–Crippen LogP) is 3.37. The van der Waals surface area contributed by atoms with Crippen molar-refractivity contribution < 1.29 is 34.4 Å². The lowest BCUT2D eigenvalue weighted by atomic mass is 9.77. The van der Waals surface area contributed by atoms with Gasteiger partial charge in [-0.3, -0.25) is 4.79 Å². The lowest BCUT2D eigenvalue weighted by molar-refractivity contribution is -0.122. The van der Waals surface area contributed by atoms with Crippen molar-refractivity contribution in [3.05, 3.63) is 82.9 Å². The minimum Gasteiger partial charge on any atom is -0.508 e. The first-order valence-electron chi connectivity index (χ1n) is 8.27. The lowest BCUT2D eigenvalue weighted by Crippen LogP contribution is -2.32. The maximum Gasteiger partial charge on any atom is 0.340 e. The van der Waals surface area contributed by atoms with Gasteiger partial charge in [0.25, 0.3) is 6.47 Å². The molecule has 0 saturated carbocycles. The Bertz CT molecular complexity index is 1050. The molecule has 0 bridgehead atoms. The SMILES string of the molecule is O=C1OC2(c3ccc(O)cc3Oc3cc(O)ccc32)c2ccccc21.O=CO. The molecule has 0 aromatic heterocycles. The van der Waals surface area contributed by atoms with Crippen LogP contribution in [0.5, 0.6) is 23.0 Å². The van der Waals surface area contributed by atoms with Crippen molar-refractivity contribution in [3.8, 4) is 23.0 Å². The summed E-state index contributed by atoms with van der Waals surface area (Å²) in [4.78, 5) is 20.9. The molecule has 3 aromatic rings. The molecule has 3 aromatic carbocycles. The number of carbonyl (C=O) groups excluding carboxylic acids is 1. The van der Waals surface area contributed by atoms with Crippen LogP contribution in [0.1, 0.15) is 27.0 Å². The highest BCUT2D eigenvalue weighted by Gasteiger charge is 2.53. The van der Waals surface area contributed by atoms with Gasteiger partial charge < -0.3 is 24.8 Å². The van der Waals surface area contributed by atoms with Crippen molar-refractivity contribution in [1.82, 2.24) is 0 Å². The number of hydrogen-bond donors (Lipinski definition) is 3. The molecule has 0 atom stereocenters. The summed E-state index contributed by atoms with van der Waals surface area (Å²) in [7, 11) is 0. The number of fused-ring (bicyclic) bond motifs is 6. The number of phenols is 2. The average Bonchev–Trinajstić information content (AvgIpc) is 2.96. The van der Waals surface area contributed by atoms with E-state index in [4.69, 9.17) is 19.4 Å². The largest absolute Gasteiger partial charge is 0.508 e. The van der Waals surface area contributed by atoms with Crippen LogP contribution in [0.3, 0.4) is 0 Å². The molecular weight excluding hydrogens is 364 g/mol. The Morgan fingerprint density at radius 3 is 1.93 bits per heavy atom. The van der Waals surface area contributed by atoms with Crippen LogP contribution in [-0.2, 0) is 15.1 Å². The number of benzene rings is 3. The fourth-order valence-electron chi connectivity index (χ4n) is 3.65. The highest BCUT2D eigenvalue weighted by Crippen LogP contribution is 2.56. The van der Waals surface area contributed by atoms with Crippen LogP contribution in [0.25, 0.3) is 0 Å². The summed E-state index contributed by atoms with van der Waals surface area (Å²) in [6.07, 6.45) is 0. The monoisotopic (exact) mass is 378 g/mol. The Labute approximate surface area is 159 Å². The normalized spacial score (nSPS) is 14.5. The summed E-state index contributed by atoms with van der Waals surface area (Å²) in [5.41, 5.74) is 1.28. The van der Waals surface area contributed by atoms with Crippen LogP contribution in [0.4, 0.5) is 0 Å². The van der Waals surface area contributed by atoms with E-state index in [-0.39, 0.29) is 18.0 Å². The molecule has 0 unspecified atom stereocenters. The van der Waals surface area contributed by atoms with Crippen molar-refractivity contribution in [3.63, 3.8) is 0 Å². The van der Waals surface area contributed by atoms with E-state index < -0.39 is 11.6 Å². The molecule has 7 heteroatoms. The molecular formula is C21H14O7. The van der Waals surface area contributed by atoms with Crippen LogP contribution in [0.2, 0.25) is 0 Å². The molecule has 0 amide bonds. The molecule has 0 fully saturated rings. The van der Waals surface area contributed by atoms with Gasteiger partial charge in [0.05, 0.1) is 5.56 Å². The van der Waals surface area contributed by atoms with E-state index in [0.29, 0.717) is 33.8 Å². The first-order chi connectivity index (χ1) is 13.5. The quantitative estimate of drug-likeness (QED) is 0.406. The van der Waals surface area contributed by atoms with Gasteiger partial charge in [-0.2, -0.15) is 0 Å². The van der Waals surface area contributed by atoms with Crippen LogP contribution < -0.4 is 4.74 Å². The second-order valence-electron chi connectivity index (χ2n) is 6.18. The summed E-state index contributed by atoms with van der Waals surface area (Å²) in [6.45, 7) is -0.250. The fourth-order valence-corrected chi connectivity index (χ4v) is 3.65. The highest BCUT2D eigenvalue weighted by atomic mass is 16.6. The van der Waals surface area contributed by atoms with Crippen LogP contribution >= 0.6 is 0 Å². The van der Waals surface area contributed by atoms with E-state index in [1.165, 1.54) is 24.3 Å².